The highest BCUT2D eigenvalue weighted by molar-refractivity contribution is 5.94. The Morgan fingerprint density at radius 2 is 2.25 bits per heavy atom. The van der Waals surface area contributed by atoms with Gasteiger partial charge in [0.1, 0.15) is 5.75 Å². The molecule has 0 saturated carbocycles. The monoisotopic (exact) mass is 222 g/mol. The number of carbonyl (C=O) groups is 1. The summed E-state index contributed by atoms with van der Waals surface area (Å²) >= 11 is 0. The smallest absolute Gasteiger partial charge is 0.251 e. The lowest BCUT2D eigenvalue weighted by molar-refractivity contribution is 0.0951. The van der Waals surface area contributed by atoms with Crippen molar-refractivity contribution in [2.75, 3.05) is 13.7 Å². The van der Waals surface area contributed by atoms with Crippen molar-refractivity contribution in [2.24, 2.45) is 5.73 Å². The Morgan fingerprint density at radius 3 is 2.81 bits per heavy atom. The third-order valence-corrected chi connectivity index (χ3v) is 2.25. The summed E-state index contributed by atoms with van der Waals surface area (Å²) in [6, 6.07) is 5.32. The molecule has 1 amide bonds. The zero-order valence-corrected chi connectivity index (χ0v) is 9.91. The van der Waals surface area contributed by atoms with E-state index in [0.29, 0.717) is 17.9 Å². The van der Waals surface area contributed by atoms with E-state index < -0.39 is 0 Å². The minimum atomic E-state index is -0.129. The van der Waals surface area contributed by atoms with Gasteiger partial charge in [-0.1, -0.05) is 6.07 Å². The maximum Gasteiger partial charge on any atom is 0.251 e. The van der Waals surface area contributed by atoms with Gasteiger partial charge in [0.05, 0.1) is 7.11 Å². The van der Waals surface area contributed by atoms with Crippen molar-refractivity contribution in [3.05, 3.63) is 29.3 Å². The molecular weight excluding hydrogens is 204 g/mol. The summed E-state index contributed by atoms with van der Waals surface area (Å²) in [4.78, 5) is 11.7. The van der Waals surface area contributed by atoms with E-state index in [1.54, 1.807) is 19.2 Å². The molecule has 0 saturated heterocycles. The topological polar surface area (TPSA) is 64.3 Å². The van der Waals surface area contributed by atoms with Gasteiger partial charge in [-0.2, -0.15) is 0 Å². The summed E-state index contributed by atoms with van der Waals surface area (Å²) in [6.45, 7) is 4.24. The molecule has 0 bridgehead atoms. The first-order valence-corrected chi connectivity index (χ1v) is 5.23. The van der Waals surface area contributed by atoms with Gasteiger partial charge in [-0.25, -0.2) is 0 Å². The molecule has 1 aromatic carbocycles. The molecule has 4 nitrogen and oxygen atoms in total. The number of ether oxygens (including phenoxy) is 1. The van der Waals surface area contributed by atoms with Gasteiger partial charge in [-0.3, -0.25) is 4.79 Å². The van der Waals surface area contributed by atoms with E-state index in [4.69, 9.17) is 10.5 Å². The second-order valence-electron chi connectivity index (χ2n) is 3.87. The van der Waals surface area contributed by atoms with E-state index in [1.165, 1.54) is 0 Å². The second kappa shape index (κ2) is 5.51. The van der Waals surface area contributed by atoms with Crippen LogP contribution in [0.4, 0.5) is 0 Å². The molecule has 16 heavy (non-hydrogen) atoms. The summed E-state index contributed by atoms with van der Waals surface area (Å²) in [5, 5.41) is 2.75. The van der Waals surface area contributed by atoms with Crippen molar-refractivity contribution in [2.45, 2.75) is 19.9 Å². The summed E-state index contributed by atoms with van der Waals surface area (Å²) in [5.41, 5.74) is 7.15. The largest absolute Gasteiger partial charge is 0.496 e. The van der Waals surface area contributed by atoms with Gasteiger partial charge in [-0.05, 0) is 31.5 Å². The minimum Gasteiger partial charge on any atom is -0.496 e. The van der Waals surface area contributed by atoms with E-state index in [9.17, 15) is 4.79 Å². The lowest BCUT2D eigenvalue weighted by Crippen LogP contribution is -2.35. The summed E-state index contributed by atoms with van der Waals surface area (Å²) in [7, 11) is 1.59. The van der Waals surface area contributed by atoms with Crippen molar-refractivity contribution >= 4 is 5.91 Å². The zero-order chi connectivity index (χ0) is 12.1. The normalized spacial score (nSPS) is 12.0. The van der Waals surface area contributed by atoms with Gasteiger partial charge in [-0.15, -0.1) is 0 Å². The molecule has 1 unspecified atom stereocenters. The van der Waals surface area contributed by atoms with Crippen LogP contribution in [0.1, 0.15) is 22.8 Å². The number of aryl methyl sites for hydroxylation is 1. The zero-order valence-electron chi connectivity index (χ0n) is 9.91. The molecule has 0 aliphatic heterocycles. The molecule has 88 valence electrons. The number of hydrogen-bond donors (Lipinski definition) is 2. The quantitative estimate of drug-likeness (QED) is 0.801. The first-order valence-electron chi connectivity index (χ1n) is 5.23. The van der Waals surface area contributed by atoms with Gasteiger partial charge in [0.15, 0.2) is 0 Å². The van der Waals surface area contributed by atoms with Crippen LogP contribution >= 0.6 is 0 Å². The number of amides is 1. The van der Waals surface area contributed by atoms with Crippen LogP contribution < -0.4 is 15.8 Å². The van der Waals surface area contributed by atoms with Crippen molar-refractivity contribution in [1.29, 1.82) is 0 Å². The molecule has 4 heteroatoms. The molecule has 1 atom stereocenters. The number of carbonyl (C=O) groups excluding carboxylic acids is 1. The molecule has 0 heterocycles. The van der Waals surface area contributed by atoms with Crippen molar-refractivity contribution in [3.63, 3.8) is 0 Å². The Labute approximate surface area is 95.8 Å². The molecule has 0 aliphatic rings. The molecule has 0 aromatic heterocycles. The van der Waals surface area contributed by atoms with Gasteiger partial charge >= 0.3 is 0 Å². The highest BCUT2D eigenvalue weighted by atomic mass is 16.5. The Morgan fingerprint density at radius 1 is 1.56 bits per heavy atom. The van der Waals surface area contributed by atoms with Crippen LogP contribution in [0.3, 0.4) is 0 Å². The van der Waals surface area contributed by atoms with Crippen LogP contribution in [0.25, 0.3) is 0 Å². The second-order valence-corrected chi connectivity index (χ2v) is 3.87. The maximum absolute atomic E-state index is 11.7. The fraction of sp³-hybridized carbons (Fsp3) is 0.417. The van der Waals surface area contributed by atoms with Crippen molar-refractivity contribution in [3.8, 4) is 5.75 Å². The van der Waals surface area contributed by atoms with Crippen LogP contribution in [0, 0.1) is 6.92 Å². The average Bonchev–Trinajstić information content (AvgIpc) is 2.26. The van der Waals surface area contributed by atoms with E-state index in [2.05, 4.69) is 5.32 Å². The van der Waals surface area contributed by atoms with Crippen LogP contribution in [0.15, 0.2) is 18.2 Å². The van der Waals surface area contributed by atoms with E-state index in [0.717, 1.165) is 5.56 Å². The van der Waals surface area contributed by atoms with E-state index in [-0.39, 0.29) is 11.9 Å². The van der Waals surface area contributed by atoms with Gasteiger partial charge in [0.2, 0.25) is 0 Å². The number of rotatable bonds is 4. The molecule has 3 N–H and O–H groups in total. The highest BCUT2D eigenvalue weighted by Crippen LogP contribution is 2.18. The lowest BCUT2D eigenvalue weighted by atomic mass is 10.1. The van der Waals surface area contributed by atoms with Crippen LogP contribution in [0.5, 0.6) is 5.75 Å². The predicted molar refractivity (Wildman–Crippen MR) is 63.7 cm³/mol. The molecule has 0 spiro atoms. The number of methoxy groups -OCH3 is 1. The third kappa shape index (κ3) is 3.24. The first kappa shape index (κ1) is 12.5. The number of nitrogens with one attached hydrogen (secondary N) is 1. The fourth-order valence-electron chi connectivity index (χ4n) is 1.32. The van der Waals surface area contributed by atoms with E-state index >= 15 is 0 Å². The molecular formula is C12H18N2O2. The van der Waals surface area contributed by atoms with Crippen molar-refractivity contribution in [1.82, 2.24) is 5.32 Å². The number of nitrogens with two attached hydrogens (primary N) is 1. The van der Waals surface area contributed by atoms with Gasteiger partial charge in [0.25, 0.3) is 5.91 Å². The predicted octanol–water partition coefficient (Wildman–Crippen LogP) is 1.08. The van der Waals surface area contributed by atoms with Crippen molar-refractivity contribution < 1.29 is 9.53 Å². The average molecular weight is 222 g/mol. The Balaban J connectivity index is 2.76. The number of hydrogen-bond acceptors (Lipinski definition) is 3. The molecule has 0 fully saturated rings. The van der Waals surface area contributed by atoms with Gasteiger partial charge < -0.3 is 15.8 Å². The third-order valence-electron chi connectivity index (χ3n) is 2.25. The molecule has 1 rings (SSSR count). The van der Waals surface area contributed by atoms with Crippen LogP contribution in [0.2, 0.25) is 0 Å². The minimum absolute atomic E-state index is 0.0451. The summed E-state index contributed by atoms with van der Waals surface area (Å²) < 4.78 is 5.16. The SMILES string of the molecule is COc1cc(C(=O)NCC(C)N)ccc1C. The van der Waals surface area contributed by atoms with Crippen LogP contribution in [-0.4, -0.2) is 25.6 Å². The fourth-order valence-corrected chi connectivity index (χ4v) is 1.32. The lowest BCUT2D eigenvalue weighted by Gasteiger charge is -2.10. The Kier molecular flexibility index (Phi) is 4.31. The Bertz CT molecular complexity index is 375. The van der Waals surface area contributed by atoms with Crippen LogP contribution in [-0.2, 0) is 0 Å². The molecule has 0 radical (unpaired) electrons. The standard InChI is InChI=1S/C12H18N2O2/c1-8-4-5-10(6-11(8)16-3)12(15)14-7-9(2)13/h4-6,9H,7,13H2,1-3H3,(H,14,15). The molecule has 0 aliphatic carbocycles. The van der Waals surface area contributed by atoms with Gasteiger partial charge in [0, 0.05) is 18.2 Å². The highest BCUT2D eigenvalue weighted by Gasteiger charge is 2.08. The number of benzene rings is 1. The summed E-state index contributed by atoms with van der Waals surface area (Å²) in [5.74, 6) is 0.587. The maximum atomic E-state index is 11.7. The molecule has 1 aromatic rings. The first-order chi connectivity index (χ1) is 7.54. The Hall–Kier alpha value is -1.55. The summed E-state index contributed by atoms with van der Waals surface area (Å²) in [6.07, 6.45) is 0. The van der Waals surface area contributed by atoms with E-state index in [1.807, 2.05) is 19.9 Å².